The Morgan fingerprint density at radius 2 is 1.80 bits per heavy atom. The van der Waals surface area contributed by atoms with Gasteiger partial charge in [-0.2, -0.15) is 5.26 Å². The molecule has 1 unspecified atom stereocenters. The Labute approximate surface area is 145 Å². The van der Waals surface area contributed by atoms with Crippen LogP contribution in [0.4, 0.5) is 4.79 Å². The van der Waals surface area contributed by atoms with Crippen LogP contribution >= 0.6 is 0 Å². The second kappa shape index (κ2) is 5.75. The molecule has 1 N–H and O–H groups in total. The van der Waals surface area contributed by atoms with E-state index in [1.165, 1.54) is 10.5 Å². The molecule has 124 valence electrons. The van der Waals surface area contributed by atoms with Crippen LogP contribution in [0.5, 0.6) is 0 Å². The molecule has 1 fully saturated rings. The number of carbonyl (C=O) groups excluding carboxylic acids is 2. The largest absolute Gasteiger partial charge is 0.325 e. The van der Waals surface area contributed by atoms with Crippen LogP contribution in [0.1, 0.15) is 28.7 Å². The third kappa shape index (κ3) is 2.47. The fraction of sp³-hybridized carbons (Fsp3) is 0.250. The van der Waals surface area contributed by atoms with Gasteiger partial charge in [0.15, 0.2) is 0 Å². The highest BCUT2D eigenvalue weighted by Crippen LogP contribution is 2.34. The molecular formula is C20H17N3O2. The van der Waals surface area contributed by atoms with Crippen LogP contribution in [-0.4, -0.2) is 22.4 Å². The highest BCUT2D eigenvalue weighted by molar-refractivity contribution is 6.07. The molecule has 1 heterocycles. The Morgan fingerprint density at radius 1 is 1.08 bits per heavy atom. The molecule has 1 spiro atoms. The Hall–Kier alpha value is -3.13. The zero-order chi connectivity index (χ0) is 17.4. The van der Waals surface area contributed by atoms with E-state index in [9.17, 15) is 14.9 Å². The third-order valence-corrected chi connectivity index (χ3v) is 5.14. The minimum atomic E-state index is -0.854. The Bertz CT molecular complexity index is 915. The van der Waals surface area contributed by atoms with E-state index in [0.717, 1.165) is 12.0 Å². The molecular weight excluding hydrogens is 314 g/mol. The number of hydrogen-bond donors (Lipinski definition) is 1. The lowest BCUT2D eigenvalue weighted by molar-refractivity contribution is -0.132. The van der Waals surface area contributed by atoms with Crippen LogP contribution < -0.4 is 5.32 Å². The fourth-order valence-corrected chi connectivity index (χ4v) is 3.78. The quantitative estimate of drug-likeness (QED) is 0.860. The molecule has 0 aromatic heterocycles. The van der Waals surface area contributed by atoms with E-state index in [1.807, 2.05) is 18.2 Å². The molecule has 1 aliphatic carbocycles. The zero-order valence-corrected chi connectivity index (χ0v) is 13.7. The van der Waals surface area contributed by atoms with E-state index >= 15 is 0 Å². The van der Waals surface area contributed by atoms with E-state index < -0.39 is 5.54 Å². The molecule has 1 saturated heterocycles. The average Bonchev–Trinajstić information content (AvgIpc) is 2.86. The number of hydrogen-bond acceptors (Lipinski definition) is 3. The molecule has 2 aromatic carbocycles. The Kier molecular flexibility index (Phi) is 3.54. The lowest BCUT2D eigenvalue weighted by Gasteiger charge is -2.32. The van der Waals surface area contributed by atoms with Gasteiger partial charge in [-0.15, -0.1) is 0 Å². The van der Waals surface area contributed by atoms with Crippen LogP contribution in [0.3, 0.4) is 0 Å². The molecule has 1 aliphatic heterocycles. The SMILES string of the molecule is N#Cc1ccccc1CN1C(=O)NC2(CCc3ccccc3C2)C1=O. The van der Waals surface area contributed by atoms with Crippen LogP contribution in [0.25, 0.3) is 0 Å². The number of imide groups is 1. The number of benzene rings is 2. The van der Waals surface area contributed by atoms with Gasteiger partial charge in [-0.05, 0) is 35.6 Å². The number of carbonyl (C=O) groups is 2. The summed E-state index contributed by atoms with van der Waals surface area (Å²) in [6.07, 6.45) is 1.89. The van der Waals surface area contributed by atoms with E-state index in [-0.39, 0.29) is 18.5 Å². The van der Waals surface area contributed by atoms with Crippen molar-refractivity contribution in [2.24, 2.45) is 0 Å². The van der Waals surface area contributed by atoms with Crippen molar-refractivity contribution in [3.05, 3.63) is 70.8 Å². The number of nitrogens with one attached hydrogen (secondary N) is 1. The van der Waals surface area contributed by atoms with Gasteiger partial charge >= 0.3 is 6.03 Å². The number of amides is 3. The van der Waals surface area contributed by atoms with Crippen molar-refractivity contribution in [1.82, 2.24) is 10.2 Å². The molecule has 0 radical (unpaired) electrons. The van der Waals surface area contributed by atoms with Crippen LogP contribution in [-0.2, 0) is 24.2 Å². The monoisotopic (exact) mass is 331 g/mol. The second-order valence-electron chi connectivity index (χ2n) is 6.62. The van der Waals surface area contributed by atoms with Crippen molar-refractivity contribution in [1.29, 1.82) is 5.26 Å². The first-order valence-electron chi connectivity index (χ1n) is 8.32. The van der Waals surface area contributed by atoms with Crippen molar-refractivity contribution in [2.45, 2.75) is 31.3 Å². The first-order valence-corrected chi connectivity index (χ1v) is 8.32. The molecule has 0 saturated carbocycles. The first-order chi connectivity index (χ1) is 12.1. The summed E-state index contributed by atoms with van der Waals surface area (Å²) >= 11 is 0. The highest BCUT2D eigenvalue weighted by Gasteiger charge is 2.52. The molecule has 2 aliphatic rings. The van der Waals surface area contributed by atoms with Crippen LogP contribution in [0.15, 0.2) is 48.5 Å². The maximum Gasteiger partial charge on any atom is 0.325 e. The van der Waals surface area contributed by atoms with Crippen molar-refractivity contribution in [3.63, 3.8) is 0 Å². The molecule has 5 nitrogen and oxygen atoms in total. The number of nitriles is 1. The van der Waals surface area contributed by atoms with Gasteiger partial charge < -0.3 is 5.32 Å². The lowest BCUT2D eigenvalue weighted by atomic mass is 9.78. The van der Waals surface area contributed by atoms with E-state index in [0.29, 0.717) is 24.0 Å². The van der Waals surface area contributed by atoms with Crippen molar-refractivity contribution in [2.75, 3.05) is 0 Å². The topological polar surface area (TPSA) is 73.2 Å². The summed E-state index contributed by atoms with van der Waals surface area (Å²) in [4.78, 5) is 26.8. The van der Waals surface area contributed by atoms with Gasteiger partial charge in [0.2, 0.25) is 0 Å². The number of aryl methyl sites for hydroxylation is 1. The van der Waals surface area contributed by atoms with Gasteiger partial charge in [0.25, 0.3) is 5.91 Å². The van der Waals surface area contributed by atoms with Gasteiger partial charge in [0.1, 0.15) is 5.54 Å². The summed E-state index contributed by atoms with van der Waals surface area (Å²) in [5.74, 6) is -0.195. The smallest absolute Gasteiger partial charge is 0.323 e. The summed E-state index contributed by atoms with van der Waals surface area (Å²) < 4.78 is 0. The van der Waals surface area contributed by atoms with Crippen molar-refractivity contribution < 1.29 is 9.59 Å². The van der Waals surface area contributed by atoms with Gasteiger partial charge in [0, 0.05) is 6.42 Å². The van der Waals surface area contributed by atoms with E-state index in [4.69, 9.17) is 0 Å². The minimum Gasteiger partial charge on any atom is -0.323 e. The number of rotatable bonds is 2. The minimum absolute atomic E-state index is 0.123. The molecule has 25 heavy (non-hydrogen) atoms. The average molecular weight is 331 g/mol. The predicted octanol–water partition coefficient (Wildman–Crippen LogP) is 2.54. The van der Waals surface area contributed by atoms with Crippen LogP contribution in [0, 0.1) is 11.3 Å². The predicted molar refractivity (Wildman–Crippen MR) is 91.4 cm³/mol. The molecule has 0 bridgehead atoms. The summed E-state index contributed by atoms with van der Waals surface area (Å²) in [6.45, 7) is 0.123. The third-order valence-electron chi connectivity index (χ3n) is 5.14. The standard InChI is InChI=1S/C20H17N3O2/c21-12-16-7-3-4-8-17(16)13-23-18(24)20(22-19(23)25)10-9-14-5-1-2-6-15(14)11-20/h1-8H,9-11,13H2,(H,22,25). The molecule has 3 amide bonds. The van der Waals surface area contributed by atoms with E-state index in [2.05, 4.69) is 17.5 Å². The number of urea groups is 1. The van der Waals surface area contributed by atoms with Gasteiger partial charge in [-0.25, -0.2) is 4.79 Å². The zero-order valence-electron chi connectivity index (χ0n) is 13.7. The molecule has 1 atom stereocenters. The molecule has 4 rings (SSSR count). The van der Waals surface area contributed by atoms with Gasteiger partial charge in [-0.1, -0.05) is 42.5 Å². The Balaban J connectivity index is 1.62. The lowest BCUT2D eigenvalue weighted by Crippen LogP contribution is -2.51. The number of fused-ring (bicyclic) bond motifs is 1. The summed E-state index contributed by atoms with van der Waals surface area (Å²) in [7, 11) is 0. The highest BCUT2D eigenvalue weighted by atomic mass is 16.2. The molecule has 2 aromatic rings. The summed E-state index contributed by atoms with van der Waals surface area (Å²) in [5.41, 5.74) is 2.66. The number of nitrogens with zero attached hydrogens (tertiary/aromatic N) is 2. The maximum atomic E-state index is 13.1. The van der Waals surface area contributed by atoms with Crippen molar-refractivity contribution in [3.8, 4) is 6.07 Å². The van der Waals surface area contributed by atoms with Gasteiger partial charge in [0.05, 0.1) is 18.2 Å². The maximum absolute atomic E-state index is 13.1. The molecule has 5 heteroatoms. The Morgan fingerprint density at radius 3 is 2.60 bits per heavy atom. The first kappa shape index (κ1) is 15.4. The second-order valence-corrected chi connectivity index (χ2v) is 6.62. The van der Waals surface area contributed by atoms with Gasteiger partial charge in [-0.3, -0.25) is 9.69 Å². The summed E-state index contributed by atoms with van der Waals surface area (Å²) in [5, 5.41) is 12.1. The van der Waals surface area contributed by atoms with Crippen molar-refractivity contribution >= 4 is 11.9 Å². The van der Waals surface area contributed by atoms with Crippen LogP contribution in [0.2, 0.25) is 0 Å². The van der Waals surface area contributed by atoms with E-state index in [1.54, 1.807) is 24.3 Å². The summed E-state index contributed by atoms with van der Waals surface area (Å²) in [6, 6.07) is 16.8. The fourth-order valence-electron chi connectivity index (χ4n) is 3.78. The normalized spacial score (nSPS) is 21.8.